The maximum Gasteiger partial charge on any atom is 0.352 e. The van der Waals surface area contributed by atoms with Gasteiger partial charge >= 0.3 is 5.69 Å². The highest BCUT2D eigenvalue weighted by Crippen LogP contribution is 2.30. The summed E-state index contributed by atoms with van der Waals surface area (Å²) >= 11 is 6.03. The summed E-state index contributed by atoms with van der Waals surface area (Å²) in [5.41, 5.74) is -2.03. The molecule has 0 unspecified atom stereocenters. The monoisotopic (exact) mass is 554 g/mol. The van der Waals surface area contributed by atoms with Gasteiger partial charge in [-0.15, -0.1) is 0 Å². The maximum atomic E-state index is 14.6. The highest BCUT2D eigenvalue weighted by molar-refractivity contribution is 7.90. The molecule has 3 aromatic rings. The molecule has 0 aliphatic carbocycles. The number of unbranched alkanes of at least 4 members (excludes halogenated alkanes) is 1. The van der Waals surface area contributed by atoms with Crippen molar-refractivity contribution in [1.29, 1.82) is 0 Å². The summed E-state index contributed by atoms with van der Waals surface area (Å²) in [6, 6.07) is 7.38. The van der Waals surface area contributed by atoms with Crippen molar-refractivity contribution in [3.63, 3.8) is 0 Å². The summed E-state index contributed by atoms with van der Waals surface area (Å²) < 4.78 is 54.0. The minimum atomic E-state index is -4.24. The number of rotatable bonds is 10. The first-order chi connectivity index (χ1) is 17.4. The number of nitrogens with zero attached hydrogens (tertiary/aromatic N) is 3. The molecule has 1 heterocycles. The first-order valence-corrected chi connectivity index (χ1v) is 12.9. The van der Waals surface area contributed by atoms with Crippen LogP contribution >= 0.6 is 11.6 Å². The second-order valence-corrected chi connectivity index (χ2v) is 9.96. The second kappa shape index (κ2) is 11.6. The lowest BCUT2D eigenvalue weighted by atomic mass is 10.2. The van der Waals surface area contributed by atoms with Crippen LogP contribution in [0.2, 0.25) is 5.02 Å². The van der Waals surface area contributed by atoms with Gasteiger partial charge in [0.05, 0.1) is 16.5 Å². The fraction of sp³-hybridized carbons (Fsp3) is 0.304. The van der Waals surface area contributed by atoms with E-state index in [0.717, 1.165) is 31.2 Å². The van der Waals surface area contributed by atoms with E-state index in [9.17, 15) is 27.2 Å². The van der Waals surface area contributed by atoms with Crippen LogP contribution in [0.4, 0.5) is 4.39 Å². The van der Waals surface area contributed by atoms with Crippen molar-refractivity contribution in [2.24, 2.45) is 7.05 Å². The molecule has 2 aromatic carbocycles. The third-order valence-corrected chi connectivity index (χ3v) is 6.78. The number of benzene rings is 2. The smallest absolute Gasteiger partial charge is 0.352 e. The van der Waals surface area contributed by atoms with Gasteiger partial charge in [0, 0.05) is 13.1 Å². The molecule has 11 nitrogen and oxygen atoms in total. The number of amides is 1. The summed E-state index contributed by atoms with van der Waals surface area (Å²) in [5, 5.41) is 3.38. The van der Waals surface area contributed by atoms with Crippen LogP contribution in [-0.4, -0.2) is 41.4 Å². The van der Waals surface area contributed by atoms with E-state index in [4.69, 9.17) is 21.1 Å². The van der Waals surface area contributed by atoms with Gasteiger partial charge in [0.2, 0.25) is 0 Å². The molecule has 3 rings (SSSR count). The van der Waals surface area contributed by atoms with Crippen molar-refractivity contribution in [3.8, 4) is 17.2 Å². The van der Waals surface area contributed by atoms with Crippen molar-refractivity contribution in [3.05, 3.63) is 74.3 Å². The van der Waals surface area contributed by atoms with Gasteiger partial charge in [-0.1, -0.05) is 24.9 Å². The standard InChI is InChI=1S/C23H24ClFN4O7S/c1-4-5-10-35-15-6-8-16(9-7-15)37(33,34)27-22(31)14(2)36-20-12-19(18(25)11-17(20)24)29-23(32)28(3)21(30)13-26-29/h6-9,11-14H,4-5,10H2,1-3H3,(H,27,31)/t14-/m1/s1. The minimum absolute atomic E-state index is 0.168. The van der Waals surface area contributed by atoms with Crippen molar-refractivity contribution in [2.45, 2.75) is 37.7 Å². The van der Waals surface area contributed by atoms with E-state index in [1.54, 1.807) is 0 Å². The predicted molar refractivity (Wildman–Crippen MR) is 132 cm³/mol. The van der Waals surface area contributed by atoms with Crippen LogP contribution in [0.15, 0.2) is 57.1 Å². The third kappa shape index (κ3) is 6.54. The lowest BCUT2D eigenvalue weighted by Crippen LogP contribution is -2.40. The fourth-order valence-corrected chi connectivity index (χ4v) is 4.22. The number of carbonyl (C=O) groups is 1. The van der Waals surface area contributed by atoms with Crippen LogP contribution < -0.4 is 25.4 Å². The molecule has 0 saturated carbocycles. The highest BCUT2D eigenvalue weighted by Gasteiger charge is 2.25. The molecule has 0 fully saturated rings. The largest absolute Gasteiger partial charge is 0.494 e. The Morgan fingerprint density at radius 1 is 1.22 bits per heavy atom. The topological polar surface area (TPSA) is 139 Å². The van der Waals surface area contributed by atoms with Gasteiger partial charge in [0.25, 0.3) is 21.5 Å². The second-order valence-electron chi connectivity index (χ2n) is 7.87. The first-order valence-electron chi connectivity index (χ1n) is 11.1. The summed E-state index contributed by atoms with van der Waals surface area (Å²) in [7, 11) is -3.05. The Bertz CT molecular complexity index is 1520. The van der Waals surface area contributed by atoms with Crippen molar-refractivity contribution in [1.82, 2.24) is 19.1 Å². The Kier molecular flexibility index (Phi) is 8.71. The van der Waals surface area contributed by atoms with E-state index < -0.39 is 44.8 Å². The Balaban J connectivity index is 1.77. The predicted octanol–water partition coefficient (Wildman–Crippen LogP) is 2.17. The number of hydrogen-bond donors (Lipinski definition) is 1. The molecule has 0 saturated heterocycles. The molecule has 1 atom stereocenters. The molecule has 14 heteroatoms. The number of hydrogen-bond acceptors (Lipinski definition) is 8. The van der Waals surface area contributed by atoms with E-state index in [2.05, 4.69) is 5.10 Å². The summed E-state index contributed by atoms with van der Waals surface area (Å²) in [4.78, 5) is 36.3. The first kappa shape index (κ1) is 27.9. The molecule has 1 aromatic heterocycles. The third-order valence-electron chi connectivity index (χ3n) is 5.12. The molecular weight excluding hydrogens is 531 g/mol. The fourth-order valence-electron chi connectivity index (χ4n) is 2.98. The molecule has 1 N–H and O–H groups in total. The van der Waals surface area contributed by atoms with Gasteiger partial charge in [-0.25, -0.2) is 22.3 Å². The highest BCUT2D eigenvalue weighted by atomic mass is 35.5. The molecule has 1 amide bonds. The normalized spacial score (nSPS) is 12.1. The zero-order valence-corrected chi connectivity index (χ0v) is 21.7. The van der Waals surface area contributed by atoms with Gasteiger partial charge in [-0.2, -0.15) is 9.78 Å². The Morgan fingerprint density at radius 3 is 2.54 bits per heavy atom. The van der Waals surface area contributed by atoms with Crippen LogP contribution in [0.25, 0.3) is 5.69 Å². The van der Waals surface area contributed by atoms with E-state index in [-0.39, 0.29) is 15.7 Å². The molecule has 0 aliphatic rings. The van der Waals surface area contributed by atoms with Gasteiger partial charge in [0.15, 0.2) is 11.9 Å². The van der Waals surface area contributed by atoms with Crippen LogP contribution in [0.1, 0.15) is 26.7 Å². The molecule has 0 bridgehead atoms. The SMILES string of the molecule is CCCCOc1ccc(S(=O)(=O)NC(=O)[C@@H](C)Oc2cc(-n3ncc(=O)n(C)c3=O)c(F)cc2Cl)cc1. The average Bonchev–Trinajstić information content (AvgIpc) is 2.85. The Hall–Kier alpha value is -3.71. The lowest BCUT2D eigenvalue weighted by molar-refractivity contribution is -0.125. The summed E-state index contributed by atoms with van der Waals surface area (Å²) in [6.07, 6.45) is 1.23. The zero-order chi connectivity index (χ0) is 27.3. The number of sulfonamides is 1. The number of nitrogens with one attached hydrogen (secondary N) is 1. The van der Waals surface area contributed by atoms with E-state index >= 15 is 0 Å². The van der Waals surface area contributed by atoms with Gasteiger partial charge in [-0.05, 0) is 43.7 Å². The van der Waals surface area contributed by atoms with Crippen LogP contribution in [0.5, 0.6) is 11.5 Å². The van der Waals surface area contributed by atoms with Crippen molar-refractivity contribution < 1.29 is 27.1 Å². The van der Waals surface area contributed by atoms with Gasteiger partial charge < -0.3 is 9.47 Å². The molecule has 198 valence electrons. The number of aromatic nitrogens is 3. The quantitative estimate of drug-likeness (QED) is 0.376. The molecule has 0 radical (unpaired) electrons. The van der Waals surface area contributed by atoms with Crippen molar-refractivity contribution >= 4 is 27.5 Å². The molecule has 37 heavy (non-hydrogen) atoms. The van der Waals surface area contributed by atoms with Gasteiger partial charge in [-0.3, -0.25) is 14.2 Å². The van der Waals surface area contributed by atoms with Crippen LogP contribution in [0, 0.1) is 5.82 Å². The number of halogens is 2. The van der Waals surface area contributed by atoms with Crippen molar-refractivity contribution in [2.75, 3.05) is 6.61 Å². The van der Waals surface area contributed by atoms with Crippen LogP contribution in [0.3, 0.4) is 0 Å². The maximum absolute atomic E-state index is 14.6. The number of carbonyl (C=O) groups excluding carboxylic acids is 1. The average molecular weight is 555 g/mol. The number of ether oxygens (including phenoxy) is 2. The minimum Gasteiger partial charge on any atom is -0.494 e. The molecule has 0 aliphatic heterocycles. The van der Waals surface area contributed by atoms with E-state index in [1.807, 2.05) is 11.6 Å². The summed E-state index contributed by atoms with van der Waals surface area (Å²) in [6.45, 7) is 3.77. The zero-order valence-electron chi connectivity index (χ0n) is 20.1. The van der Waals surface area contributed by atoms with Crippen LogP contribution in [-0.2, 0) is 21.9 Å². The van der Waals surface area contributed by atoms with E-state index in [0.29, 0.717) is 21.6 Å². The Labute approximate surface area is 216 Å². The summed E-state index contributed by atoms with van der Waals surface area (Å²) in [5.74, 6) is -1.71. The molecular formula is C23H24ClFN4O7S. The van der Waals surface area contributed by atoms with E-state index in [1.165, 1.54) is 38.2 Å². The van der Waals surface area contributed by atoms with Gasteiger partial charge in [0.1, 0.15) is 23.4 Å². The lowest BCUT2D eigenvalue weighted by Gasteiger charge is -2.17. The Morgan fingerprint density at radius 2 is 1.89 bits per heavy atom. The molecule has 0 spiro atoms.